The fourth-order valence-corrected chi connectivity index (χ4v) is 9.66. The van der Waals surface area contributed by atoms with Crippen molar-refractivity contribution in [1.29, 1.82) is 0 Å². The predicted octanol–water partition coefficient (Wildman–Crippen LogP) is -4.37. The number of carbonyl (C=O) groups excluding carboxylic acids is 4. The van der Waals surface area contributed by atoms with E-state index < -0.39 is 183 Å². The van der Waals surface area contributed by atoms with Gasteiger partial charge in [-0.25, -0.2) is 4.18 Å². The third-order valence-corrected chi connectivity index (χ3v) is 13.6. The number of hydrogen-bond acceptors (Lipinski definition) is 24. The van der Waals surface area contributed by atoms with Gasteiger partial charge in [-0.05, 0) is 43.9 Å². The Morgan fingerprint density at radius 3 is 1.56 bits per heavy atom. The SMILES string of the molecule is CCCCCCC=CCCCOc1cccc(C(=O)N[C@H]2[C@H](O[C@H]3[C@H](O)[C@@H](NC(C)=O)[C@H](O[C@H]4[C@H](O)[C@@H](NC(C)=O)[C@H](O[C@H]5[C@H](O)[C@@H](NC(C)=O)C(O)O[C@@H]5COS(=O)(=O)O)O[C@@H]4CO)O[C@@H]3CO)O[C@H](CO)[C@@H](O)[C@@H]2O)c1. The van der Waals surface area contributed by atoms with Gasteiger partial charge in [0.05, 0.1) is 33.0 Å². The molecule has 4 amide bonds. The molecule has 0 aliphatic carbocycles. The molecule has 4 saturated heterocycles. The standard InChI is InChI=1S/C48H76N4O25S/c1-5-6-7-8-9-10-11-12-13-17-69-27-16-14-15-26(18-27)44(64)52-33-37(60)36(59)28(19-53)72-46(33)75-41-29(20-54)73-47(34(39(41)62)50-24(3)57)76-42-30(21-55)74-48(35(40(42)63)51-25(4)58)77-43-31(22-70-78(66,67)68)71-45(65)32(38(43)61)49-23(2)56/h10-11,14-16,18,28-43,45-48,53-55,59-63,65H,5-9,12-13,17,19-22H2,1-4H3,(H,49,56)(H,50,57)(H,51,58)(H,52,64)(H,66,67,68)/t28-,29-,30-,31-,32-,33-,34-,35-,36-,37-,38-,39-,40-,41-,42-,43-,45?,46+,47+,48+/m1/s1. The van der Waals surface area contributed by atoms with Crippen molar-refractivity contribution in [3.05, 3.63) is 42.0 Å². The van der Waals surface area contributed by atoms with Gasteiger partial charge in [0.2, 0.25) is 17.7 Å². The van der Waals surface area contributed by atoms with Gasteiger partial charge < -0.3 is 105 Å². The molecule has 78 heavy (non-hydrogen) atoms. The average molecular weight is 1140 g/mol. The Bertz CT molecular complexity index is 2220. The molecule has 29 nitrogen and oxygen atoms in total. The summed E-state index contributed by atoms with van der Waals surface area (Å²) in [5.74, 6) is -2.85. The first kappa shape index (κ1) is 64.7. The summed E-state index contributed by atoms with van der Waals surface area (Å²) in [5.41, 5.74) is 0.0587. The molecule has 0 spiro atoms. The molecule has 0 radical (unpaired) electrons. The molecule has 0 saturated carbocycles. The van der Waals surface area contributed by atoms with Crippen molar-refractivity contribution < 1.29 is 120 Å². The maximum Gasteiger partial charge on any atom is 0.397 e. The van der Waals surface area contributed by atoms with Crippen LogP contribution in [0.3, 0.4) is 0 Å². The van der Waals surface area contributed by atoms with Crippen molar-refractivity contribution in [2.24, 2.45) is 0 Å². The minimum Gasteiger partial charge on any atom is -0.494 e. The summed E-state index contributed by atoms with van der Waals surface area (Å²) in [6.07, 6.45) is -18.1. The number of nitrogens with one attached hydrogen (secondary N) is 4. The van der Waals surface area contributed by atoms with Gasteiger partial charge in [-0.2, -0.15) is 8.42 Å². The third kappa shape index (κ3) is 17.9. The van der Waals surface area contributed by atoms with E-state index in [1.54, 1.807) is 12.1 Å². The number of benzene rings is 1. The number of hydrogen-bond donors (Lipinski definition) is 14. The molecule has 5 rings (SSSR count). The van der Waals surface area contributed by atoms with Gasteiger partial charge in [-0.15, -0.1) is 0 Å². The highest BCUT2D eigenvalue weighted by molar-refractivity contribution is 7.80. The molecule has 0 bridgehead atoms. The fourth-order valence-electron chi connectivity index (χ4n) is 9.35. The summed E-state index contributed by atoms with van der Waals surface area (Å²) in [6, 6.07) is -0.669. The molecular formula is C48H76N4O25S. The van der Waals surface area contributed by atoms with Crippen molar-refractivity contribution in [2.45, 2.75) is 195 Å². The number of aliphatic hydroxyl groups is 9. The molecule has 4 aliphatic rings. The van der Waals surface area contributed by atoms with Gasteiger partial charge >= 0.3 is 10.4 Å². The Kier molecular flexibility index (Phi) is 25.4. The zero-order valence-electron chi connectivity index (χ0n) is 43.5. The summed E-state index contributed by atoms with van der Waals surface area (Å²) in [4.78, 5) is 51.1. The first-order valence-corrected chi connectivity index (χ1v) is 27.0. The molecule has 4 aliphatic heterocycles. The van der Waals surface area contributed by atoms with Gasteiger partial charge in [0, 0.05) is 26.3 Å². The Labute approximate surface area is 450 Å². The molecular weight excluding hydrogens is 1060 g/mol. The van der Waals surface area contributed by atoms with Crippen LogP contribution < -0.4 is 26.0 Å². The molecule has 4 heterocycles. The van der Waals surface area contributed by atoms with E-state index in [9.17, 15) is 78.1 Å². The number of allylic oxidation sites excluding steroid dienone is 2. The normalized spacial score (nSPS) is 35.4. The van der Waals surface area contributed by atoms with Crippen LogP contribution in [0.25, 0.3) is 0 Å². The summed E-state index contributed by atoms with van der Waals surface area (Å²) in [6.45, 7) is 1.59. The first-order chi connectivity index (χ1) is 37.0. The average Bonchev–Trinajstić information content (AvgIpc) is 3.47. The van der Waals surface area contributed by atoms with Gasteiger partial charge in [-0.3, -0.25) is 23.7 Å². The van der Waals surface area contributed by atoms with Gasteiger partial charge in [0.1, 0.15) is 103 Å². The predicted molar refractivity (Wildman–Crippen MR) is 263 cm³/mol. The van der Waals surface area contributed by atoms with Crippen molar-refractivity contribution in [2.75, 3.05) is 33.0 Å². The number of carbonyl (C=O) groups is 4. The Balaban J connectivity index is 1.34. The number of unbranched alkanes of at least 4 members (excludes halogenated alkanes) is 5. The van der Waals surface area contributed by atoms with Crippen molar-refractivity contribution >= 4 is 34.0 Å². The molecule has 1 unspecified atom stereocenters. The largest absolute Gasteiger partial charge is 0.494 e. The highest BCUT2D eigenvalue weighted by Gasteiger charge is 2.56. The summed E-state index contributed by atoms with van der Waals surface area (Å²) in [5, 5.41) is 109. The Morgan fingerprint density at radius 1 is 0.590 bits per heavy atom. The maximum atomic E-state index is 13.8. The molecule has 0 aromatic heterocycles. The van der Waals surface area contributed by atoms with Crippen molar-refractivity contribution in [3.63, 3.8) is 0 Å². The van der Waals surface area contributed by atoms with Gasteiger partial charge in [-0.1, -0.05) is 44.4 Å². The lowest BCUT2D eigenvalue weighted by Crippen LogP contribution is -2.71. The minimum absolute atomic E-state index is 0.0587. The van der Waals surface area contributed by atoms with Crippen LogP contribution in [0.2, 0.25) is 0 Å². The van der Waals surface area contributed by atoms with Crippen LogP contribution in [0.4, 0.5) is 0 Å². The number of aliphatic hydroxyl groups excluding tert-OH is 9. The zero-order valence-corrected chi connectivity index (χ0v) is 44.3. The van der Waals surface area contributed by atoms with Crippen LogP contribution in [0, 0.1) is 0 Å². The van der Waals surface area contributed by atoms with E-state index in [0.29, 0.717) is 18.8 Å². The lowest BCUT2D eigenvalue weighted by molar-refractivity contribution is -0.361. The van der Waals surface area contributed by atoms with Crippen LogP contribution in [-0.2, 0) is 62.1 Å². The second-order valence-electron chi connectivity index (χ2n) is 19.2. The minimum atomic E-state index is -5.16. The Morgan fingerprint density at radius 2 is 1.06 bits per heavy atom. The van der Waals surface area contributed by atoms with E-state index in [1.807, 2.05) is 0 Å². The highest BCUT2D eigenvalue weighted by Crippen LogP contribution is 2.35. The van der Waals surface area contributed by atoms with Crippen LogP contribution in [-0.4, -0.2) is 238 Å². The lowest BCUT2D eigenvalue weighted by atomic mass is 9.93. The summed E-state index contributed by atoms with van der Waals surface area (Å²) in [7, 11) is -5.16. The van der Waals surface area contributed by atoms with Crippen LogP contribution >= 0.6 is 0 Å². The molecule has 4 fully saturated rings. The quantitative estimate of drug-likeness (QED) is 0.0225. The molecule has 20 atom stereocenters. The second kappa shape index (κ2) is 30.6. The van der Waals surface area contributed by atoms with E-state index in [-0.39, 0.29) is 5.56 Å². The monoisotopic (exact) mass is 1140 g/mol. The van der Waals surface area contributed by atoms with Crippen molar-refractivity contribution in [1.82, 2.24) is 21.3 Å². The molecule has 1 aromatic rings. The maximum absolute atomic E-state index is 13.8. The molecule has 1 aromatic carbocycles. The lowest BCUT2D eigenvalue weighted by Gasteiger charge is -2.51. The highest BCUT2D eigenvalue weighted by atomic mass is 32.3. The smallest absolute Gasteiger partial charge is 0.397 e. The van der Waals surface area contributed by atoms with Crippen LogP contribution in [0.1, 0.15) is 83.0 Å². The number of rotatable bonds is 27. The van der Waals surface area contributed by atoms with E-state index in [1.165, 1.54) is 31.4 Å². The Hall–Kier alpha value is -4.13. The molecule has 30 heteroatoms. The van der Waals surface area contributed by atoms with Crippen LogP contribution in [0.5, 0.6) is 5.75 Å². The zero-order chi connectivity index (χ0) is 57.4. The second-order valence-corrected chi connectivity index (χ2v) is 20.3. The number of amides is 4. The van der Waals surface area contributed by atoms with E-state index in [2.05, 4.69) is 44.5 Å². The van der Waals surface area contributed by atoms with Crippen molar-refractivity contribution in [3.8, 4) is 5.75 Å². The first-order valence-electron chi connectivity index (χ1n) is 25.6. The topological polar surface area (TPSA) is 436 Å². The third-order valence-electron chi connectivity index (χ3n) is 13.2. The molecule has 14 N–H and O–H groups in total. The van der Waals surface area contributed by atoms with Crippen LogP contribution in [0.15, 0.2) is 36.4 Å². The van der Waals surface area contributed by atoms with Gasteiger partial charge in [0.25, 0.3) is 5.91 Å². The fraction of sp³-hybridized carbons (Fsp3) is 0.750. The van der Waals surface area contributed by atoms with E-state index >= 15 is 0 Å². The van der Waals surface area contributed by atoms with E-state index in [0.717, 1.165) is 40.0 Å². The summed E-state index contributed by atoms with van der Waals surface area (Å²) < 4.78 is 83.9. The van der Waals surface area contributed by atoms with E-state index in [4.69, 9.17) is 37.9 Å². The molecule has 444 valence electrons. The summed E-state index contributed by atoms with van der Waals surface area (Å²) >= 11 is 0. The van der Waals surface area contributed by atoms with Gasteiger partial charge in [0.15, 0.2) is 25.2 Å². The number of ether oxygens (including phenoxy) is 8.